The normalized spacial score (nSPS) is 11.1. The predicted molar refractivity (Wildman–Crippen MR) is 51.2 cm³/mol. The molecule has 1 heterocycles. The van der Waals surface area contributed by atoms with Gasteiger partial charge >= 0.3 is 0 Å². The quantitative estimate of drug-likeness (QED) is 0.828. The van der Waals surface area contributed by atoms with E-state index >= 15 is 0 Å². The molecule has 0 radical (unpaired) electrons. The summed E-state index contributed by atoms with van der Waals surface area (Å²) in [4.78, 5) is 0. The van der Waals surface area contributed by atoms with Gasteiger partial charge in [-0.1, -0.05) is 5.16 Å². The lowest BCUT2D eigenvalue weighted by Crippen LogP contribution is -1.94. The predicted octanol–water partition coefficient (Wildman–Crippen LogP) is 3.14. The third kappa shape index (κ3) is 2.08. The van der Waals surface area contributed by atoms with Crippen molar-refractivity contribution in [1.29, 1.82) is 0 Å². The van der Waals surface area contributed by atoms with E-state index < -0.39 is 29.2 Å². The smallest absolute Gasteiger partial charge is 0.263 e. The molecule has 0 atom stereocenters. The van der Waals surface area contributed by atoms with E-state index in [-0.39, 0.29) is 11.6 Å². The van der Waals surface area contributed by atoms with E-state index in [1.165, 1.54) is 0 Å². The Morgan fingerprint density at radius 1 is 1.18 bits per heavy atom. The molecule has 1 aromatic carbocycles. The van der Waals surface area contributed by atoms with Crippen molar-refractivity contribution in [3.8, 4) is 11.3 Å². The molecule has 2 aromatic rings. The molecule has 7 heteroatoms. The Kier molecular flexibility index (Phi) is 2.74. The molecule has 2 rings (SSSR count). The first kappa shape index (κ1) is 11.4. The van der Waals surface area contributed by atoms with Crippen molar-refractivity contribution in [2.24, 2.45) is 0 Å². The number of nitrogens with zero attached hydrogens (tertiary/aromatic N) is 1. The van der Waals surface area contributed by atoms with Gasteiger partial charge in [-0.3, -0.25) is 0 Å². The summed E-state index contributed by atoms with van der Waals surface area (Å²) in [5.74, 6) is -2.93. The van der Waals surface area contributed by atoms with E-state index in [2.05, 4.69) is 9.68 Å². The maximum Gasteiger partial charge on any atom is 0.263 e. The maximum atomic E-state index is 13.4. The van der Waals surface area contributed by atoms with E-state index in [4.69, 9.17) is 5.73 Å². The zero-order chi connectivity index (χ0) is 12.6. The fourth-order valence-electron chi connectivity index (χ4n) is 1.33. The van der Waals surface area contributed by atoms with Gasteiger partial charge in [0.15, 0.2) is 23.2 Å². The number of anilines is 1. The van der Waals surface area contributed by atoms with Gasteiger partial charge in [-0.05, 0) is 12.1 Å². The van der Waals surface area contributed by atoms with Gasteiger partial charge in [-0.25, -0.2) is 17.6 Å². The summed E-state index contributed by atoms with van der Waals surface area (Å²) >= 11 is 0. The second-order valence-corrected chi connectivity index (χ2v) is 3.28. The number of nitrogens with two attached hydrogens (primary N) is 1. The Bertz CT molecular complexity index is 553. The molecule has 0 aliphatic heterocycles. The largest absolute Gasteiger partial charge is 0.381 e. The number of hydrogen-bond acceptors (Lipinski definition) is 3. The topological polar surface area (TPSA) is 52.0 Å². The van der Waals surface area contributed by atoms with Crippen LogP contribution in [0.1, 0.15) is 12.0 Å². The molecule has 0 amide bonds. The molecule has 17 heavy (non-hydrogen) atoms. The van der Waals surface area contributed by atoms with Gasteiger partial charge < -0.3 is 10.3 Å². The molecule has 2 N–H and O–H groups in total. The Labute approximate surface area is 92.8 Å². The summed E-state index contributed by atoms with van der Waals surface area (Å²) in [7, 11) is 0. The average molecular weight is 246 g/mol. The summed E-state index contributed by atoms with van der Waals surface area (Å²) in [6.07, 6.45) is -2.91. The number of nitrogen functional groups attached to an aromatic ring is 1. The zero-order valence-corrected chi connectivity index (χ0v) is 8.25. The van der Waals surface area contributed by atoms with Crippen LogP contribution >= 0.6 is 0 Å². The highest BCUT2D eigenvalue weighted by atomic mass is 19.3. The lowest BCUT2D eigenvalue weighted by atomic mass is 10.1. The van der Waals surface area contributed by atoms with E-state index in [9.17, 15) is 17.6 Å². The molecule has 1 aromatic heterocycles. The molecule has 0 saturated heterocycles. The van der Waals surface area contributed by atoms with Crippen LogP contribution in [0.25, 0.3) is 11.3 Å². The van der Waals surface area contributed by atoms with Gasteiger partial charge in [-0.2, -0.15) is 0 Å². The lowest BCUT2D eigenvalue weighted by molar-refractivity contribution is 0.151. The second-order valence-electron chi connectivity index (χ2n) is 3.28. The van der Waals surface area contributed by atoms with Crippen LogP contribution < -0.4 is 5.73 Å². The fourth-order valence-corrected chi connectivity index (χ4v) is 1.33. The molecule has 0 unspecified atom stereocenters. The third-order valence-corrected chi connectivity index (χ3v) is 2.10. The fraction of sp³-hybridized carbons (Fsp3) is 0.100. The Hall–Kier alpha value is -2.05. The number of benzene rings is 1. The Morgan fingerprint density at radius 2 is 1.88 bits per heavy atom. The second kappa shape index (κ2) is 4.08. The van der Waals surface area contributed by atoms with Crippen LogP contribution in [-0.2, 0) is 0 Å². The average Bonchev–Trinajstić information content (AvgIpc) is 2.68. The maximum absolute atomic E-state index is 13.4. The Balaban J connectivity index is 2.60. The first-order chi connectivity index (χ1) is 7.99. The van der Waals surface area contributed by atoms with Crippen LogP contribution in [0, 0.1) is 11.6 Å². The molecular weight excluding hydrogens is 240 g/mol. The first-order valence-corrected chi connectivity index (χ1v) is 4.48. The minimum absolute atomic E-state index is 0.0535. The Morgan fingerprint density at radius 3 is 2.41 bits per heavy atom. The number of alkyl halides is 2. The van der Waals surface area contributed by atoms with Crippen LogP contribution in [0.2, 0.25) is 0 Å². The van der Waals surface area contributed by atoms with Crippen LogP contribution in [0.15, 0.2) is 22.7 Å². The van der Waals surface area contributed by atoms with E-state index in [1.54, 1.807) is 0 Å². The molecule has 0 aliphatic rings. The van der Waals surface area contributed by atoms with Gasteiger partial charge in [-0.15, -0.1) is 0 Å². The molecular formula is C10H6F4N2O. The highest BCUT2D eigenvalue weighted by Crippen LogP contribution is 2.30. The summed E-state index contributed by atoms with van der Waals surface area (Å²) in [6.45, 7) is 0. The van der Waals surface area contributed by atoms with Crippen LogP contribution in [0.4, 0.5) is 23.4 Å². The molecule has 0 aliphatic carbocycles. The van der Waals surface area contributed by atoms with Crippen molar-refractivity contribution >= 4 is 5.82 Å². The minimum atomic E-state index is -2.91. The van der Waals surface area contributed by atoms with E-state index in [1.807, 2.05) is 0 Å². The van der Waals surface area contributed by atoms with Gasteiger partial charge in [0.25, 0.3) is 6.43 Å². The van der Waals surface area contributed by atoms with Crippen molar-refractivity contribution in [3.63, 3.8) is 0 Å². The van der Waals surface area contributed by atoms with Gasteiger partial charge in [0, 0.05) is 11.6 Å². The number of halogens is 4. The summed E-state index contributed by atoms with van der Waals surface area (Å²) in [6, 6.07) is 2.35. The van der Waals surface area contributed by atoms with Gasteiger partial charge in [0.1, 0.15) is 0 Å². The van der Waals surface area contributed by atoms with Crippen molar-refractivity contribution in [2.45, 2.75) is 6.43 Å². The monoisotopic (exact) mass is 246 g/mol. The summed E-state index contributed by atoms with van der Waals surface area (Å²) < 4.78 is 55.9. The van der Waals surface area contributed by atoms with Gasteiger partial charge in [0.2, 0.25) is 0 Å². The standard InChI is InChI=1S/C10H6F4N2O/c11-6-2-4(10(13)14)1-5(9(6)12)7-3-8(15)16-17-7/h1-3,10H,(H2,15,16). The van der Waals surface area contributed by atoms with Crippen LogP contribution in [-0.4, -0.2) is 5.16 Å². The van der Waals surface area contributed by atoms with E-state index in [0.29, 0.717) is 6.07 Å². The third-order valence-electron chi connectivity index (χ3n) is 2.10. The highest BCUT2D eigenvalue weighted by Gasteiger charge is 2.19. The molecule has 0 saturated carbocycles. The number of aromatic nitrogens is 1. The van der Waals surface area contributed by atoms with Crippen LogP contribution in [0.3, 0.4) is 0 Å². The van der Waals surface area contributed by atoms with E-state index in [0.717, 1.165) is 12.1 Å². The van der Waals surface area contributed by atoms with Crippen molar-refractivity contribution in [3.05, 3.63) is 35.4 Å². The zero-order valence-electron chi connectivity index (χ0n) is 8.25. The summed E-state index contributed by atoms with van der Waals surface area (Å²) in [5, 5.41) is 3.26. The van der Waals surface area contributed by atoms with Crippen molar-refractivity contribution in [1.82, 2.24) is 5.16 Å². The van der Waals surface area contributed by atoms with Gasteiger partial charge in [0.05, 0.1) is 5.56 Å². The molecule has 3 nitrogen and oxygen atoms in total. The molecule has 0 spiro atoms. The van der Waals surface area contributed by atoms with Crippen molar-refractivity contribution < 1.29 is 22.1 Å². The van der Waals surface area contributed by atoms with Crippen molar-refractivity contribution in [2.75, 3.05) is 5.73 Å². The number of hydrogen-bond donors (Lipinski definition) is 1. The van der Waals surface area contributed by atoms with Crippen LogP contribution in [0.5, 0.6) is 0 Å². The first-order valence-electron chi connectivity index (χ1n) is 4.48. The molecule has 0 bridgehead atoms. The number of rotatable bonds is 2. The lowest BCUT2D eigenvalue weighted by Gasteiger charge is -2.04. The highest BCUT2D eigenvalue weighted by molar-refractivity contribution is 5.62. The minimum Gasteiger partial charge on any atom is -0.381 e. The SMILES string of the molecule is Nc1cc(-c2cc(C(F)F)cc(F)c2F)on1. The molecule has 90 valence electrons. The molecule has 0 fully saturated rings. The summed E-state index contributed by atoms with van der Waals surface area (Å²) in [5.41, 5.74) is 4.15.